The molecule has 6 nitrogen and oxygen atoms in total. The van der Waals surface area contributed by atoms with Gasteiger partial charge in [-0.05, 0) is 17.7 Å². The highest BCUT2D eigenvalue weighted by molar-refractivity contribution is 5.88. The number of hydrogen-bond acceptors (Lipinski definition) is 4. The molecule has 1 N–H and O–H groups in total. The largest absolute Gasteiger partial charge is 0.469 e. The lowest BCUT2D eigenvalue weighted by Gasteiger charge is -2.31. The molecule has 6 heteroatoms. The Morgan fingerprint density at radius 2 is 1.84 bits per heavy atom. The number of aryl methyl sites for hydroxylation is 1. The molecule has 1 saturated heterocycles. The number of nitrogens with zero attached hydrogens (tertiary/aromatic N) is 1. The summed E-state index contributed by atoms with van der Waals surface area (Å²) in [4.78, 5) is 27.0. The van der Waals surface area contributed by atoms with Gasteiger partial charge in [0.2, 0.25) is 11.8 Å². The Morgan fingerprint density at radius 3 is 2.52 bits per heavy atom. The average molecular weight is 342 g/mol. The Kier molecular flexibility index (Phi) is 5.85. The fraction of sp³-hybridized carbons (Fsp3) is 0.368. The normalized spacial score (nSPS) is 15.6. The summed E-state index contributed by atoms with van der Waals surface area (Å²) in [6.45, 7) is 2.15. The number of benzene rings is 1. The van der Waals surface area contributed by atoms with Gasteiger partial charge in [-0.2, -0.15) is 0 Å². The molecule has 2 heterocycles. The molecule has 2 aromatic rings. The Hall–Kier alpha value is -2.60. The molecular formula is C19H22N2O4. The van der Waals surface area contributed by atoms with Crippen molar-refractivity contribution in [2.24, 2.45) is 0 Å². The van der Waals surface area contributed by atoms with Crippen molar-refractivity contribution in [1.29, 1.82) is 0 Å². The highest BCUT2D eigenvalue weighted by Gasteiger charge is 2.28. The topological polar surface area (TPSA) is 71.8 Å². The molecule has 1 fully saturated rings. The zero-order valence-electron chi connectivity index (χ0n) is 14.0. The number of nitrogens with one attached hydrogen (secondary N) is 1. The Morgan fingerprint density at radius 1 is 1.08 bits per heavy atom. The van der Waals surface area contributed by atoms with Gasteiger partial charge in [0.25, 0.3) is 0 Å². The van der Waals surface area contributed by atoms with E-state index in [1.807, 2.05) is 36.4 Å². The van der Waals surface area contributed by atoms with Gasteiger partial charge in [0, 0.05) is 25.9 Å². The van der Waals surface area contributed by atoms with E-state index in [2.05, 4.69) is 5.32 Å². The van der Waals surface area contributed by atoms with Crippen LogP contribution in [-0.4, -0.2) is 43.0 Å². The maximum atomic E-state index is 12.9. The van der Waals surface area contributed by atoms with E-state index in [0.29, 0.717) is 32.7 Å². The summed E-state index contributed by atoms with van der Waals surface area (Å²) < 4.78 is 10.6. The lowest BCUT2D eigenvalue weighted by Crippen LogP contribution is -2.47. The molecule has 1 atom stereocenters. The maximum absolute atomic E-state index is 12.9. The van der Waals surface area contributed by atoms with Crippen molar-refractivity contribution >= 4 is 11.8 Å². The van der Waals surface area contributed by atoms with Gasteiger partial charge in [-0.1, -0.05) is 30.3 Å². The summed E-state index contributed by atoms with van der Waals surface area (Å²) in [6, 6.07) is 12.3. The average Bonchev–Trinajstić information content (AvgIpc) is 3.19. The van der Waals surface area contributed by atoms with Crippen LogP contribution in [0.5, 0.6) is 0 Å². The lowest BCUT2D eigenvalue weighted by atomic mass is 10.0. The number of rotatable bonds is 6. The van der Waals surface area contributed by atoms with Crippen LogP contribution < -0.4 is 5.32 Å². The van der Waals surface area contributed by atoms with Gasteiger partial charge < -0.3 is 19.4 Å². The molecular weight excluding hydrogens is 320 g/mol. The molecule has 0 radical (unpaired) electrons. The molecule has 0 unspecified atom stereocenters. The van der Waals surface area contributed by atoms with Crippen molar-refractivity contribution in [3.8, 4) is 0 Å². The summed E-state index contributed by atoms with van der Waals surface area (Å²) in [5, 5.41) is 2.88. The van der Waals surface area contributed by atoms with E-state index < -0.39 is 6.04 Å². The van der Waals surface area contributed by atoms with Crippen LogP contribution >= 0.6 is 0 Å². The first-order chi connectivity index (χ1) is 12.2. The van der Waals surface area contributed by atoms with Crippen molar-refractivity contribution in [2.45, 2.75) is 18.9 Å². The van der Waals surface area contributed by atoms with Gasteiger partial charge >= 0.3 is 0 Å². The van der Waals surface area contributed by atoms with E-state index in [1.54, 1.807) is 17.2 Å². The third kappa shape index (κ3) is 4.70. The number of amides is 2. The van der Waals surface area contributed by atoms with E-state index in [0.717, 1.165) is 11.3 Å². The molecule has 2 amide bonds. The molecule has 0 bridgehead atoms. The Bertz CT molecular complexity index is 679. The summed E-state index contributed by atoms with van der Waals surface area (Å²) >= 11 is 0. The first kappa shape index (κ1) is 17.2. The predicted octanol–water partition coefficient (Wildman–Crippen LogP) is 1.93. The summed E-state index contributed by atoms with van der Waals surface area (Å²) in [6.07, 6.45) is 2.36. The highest BCUT2D eigenvalue weighted by Crippen LogP contribution is 2.17. The molecule has 0 saturated carbocycles. The van der Waals surface area contributed by atoms with Gasteiger partial charge in [0.1, 0.15) is 11.8 Å². The fourth-order valence-corrected chi connectivity index (χ4v) is 2.82. The van der Waals surface area contributed by atoms with Gasteiger partial charge in [0.05, 0.1) is 19.5 Å². The molecule has 1 aromatic carbocycles. The van der Waals surface area contributed by atoms with E-state index in [9.17, 15) is 9.59 Å². The monoisotopic (exact) mass is 342 g/mol. The molecule has 0 spiro atoms. The minimum absolute atomic E-state index is 0.0964. The molecule has 25 heavy (non-hydrogen) atoms. The van der Waals surface area contributed by atoms with E-state index >= 15 is 0 Å². The minimum atomic E-state index is -0.677. The van der Waals surface area contributed by atoms with Crippen LogP contribution in [0.15, 0.2) is 53.1 Å². The maximum Gasteiger partial charge on any atom is 0.249 e. The first-order valence-electron chi connectivity index (χ1n) is 8.47. The van der Waals surface area contributed by atoms with Crippen LogP contribution in [-0.2, 0) is 20.7 Å². The van der Waals surface area contributed by atoms with Crippen LogP contribution in [0.3, 0.4) is 0 Å². The summed E-state index contributed by atoms with van der Waals surface area (Å²) in [7, 11) is 0. The van der Waals surface area contributed by atoms with Gasteiger partial charge in [0.15, 0.2) is 0 Å². The third-order valence-corrected chi connectivity index (χ3v) is 4.19. The SMILES string of the molecule is O=C(CCc1ccco1)N[C@H](C(=O)N1CCOCC1)c1ccccc1. The van der Waals surface area contributed by atoms with Crippen molar-refractivity contribution < 1.29 is 18.7 Å². The zero-order valence-corrected chi connectivity index (χ0v) is 14.0. The fourth-order valence-electron chi connectivity index (χ4n) is 2.82. The molecule has 132 valence electrons. The minimum Gasteiger partial charge on any atom is -0.469 e. The molecule has 1 aliphatic rings. The number of morpholine rings is 1. The van der Waals surface area contributed by atoms with Crippen LogP contribution in [0.2, 0.25) is 0 Å². The van der Waals surface area contributed by atoms with Crippen molar-refractivity contribution in [3.63, 3.8) is 0 Å². The Labute approximate surface area is 146 Å². The number of carbonyl (C=O) groups excluding carboxylic acids is 2. The second-order valence-corrected chi connectivity index (χ2v) is 5.93. The van der Waals surface area contributed by atoms with Crippen LogP contribution in [0, 0.1) is 0 Å². The quantitative estimate of drug-likeness (QED) is 0.871. The lowest BCUT2D eigenvalue weighted by molar-refractivity contribution is -0.140. The van der Waals surface area contributed by atoms with Gasteiger partial charge in [-0.15, -0.1) is 0 Å². The number of hydrogen-bond donors (Lipinski definition) is 1. The first-order valence-corrected chi connectivity index (χ1v) is 8.47. The molecule has 0 aliphatic carbocycles. The second kappa shape index (κ2) is 8.48. The van der Waals surface area contributed by atoms with Crippen LogP contribution in [0.1, 0.15) is 23.8 Å². The zero-order chi connectivity index (χ0) is 17.5. The molecule has 1 aliphatic heterocycles. The number of carbonyl (C=O) groups is 2. The number of ether oxygens (including phenoxy) is 1. The second-order valence-electron chi connectivity index (χ2n) is 5.93. The van der Waals surface area contributed by atoms with E-state index in [1.165, 1.54) is 0 Å². The number of furan rings is 1. The van der Waals surface area contributed by atoms with E-state index in [4.69, 9.17) is 9.15 Å². The van der Waals surface area contributed by atoms with Crippen molar-refractivity contribution in [1.82, 2.24) is 10.2 Å². The molecule has 1 aromatic heterocycles. The van der Waals surface area contributed by atoms with Gasteiger partial charge in [-0.25, -0.2) is 0 Å². The predicted molar refractivity (Wildman–Crippen MR) is 91.8 cm³/mol. The Balaban J connectivity index is 1.67. The van der Waals surface area contributed by atoms with Crippen LogP contribution in [0.25, 0.3) is 0 Å². The van der Waals surface area contributed by atoms with Gasteiger partial charge in [-0.3, -0.25) is 9.59 Å². The van der Waals surface area contributed by atoms with Crippen LogP contribution in [0.4, 0.5) is 0 Å². The van der Waals surface area contributed by atoms with Crippen molar-refractivity contribution in [3.05, 3.63) is 60.1 Å². The standard InChI is InChI=1S/C19H22N2O4/c22-17(9-8-16-7-4-12-25-16)20-18(15-5-2-1-3-6-15)19(23)21-10-13-24-14-11-21/h1-7,12,18H,8-11,13-14H2,(H,20,22)/t18-/m0/s1. The van der Waals surface area contributed by atoms with E-state index in [-0.39, 0.29) is 18.2 Å². The molecule has 3 rings (SSSR count). The summed E-state index contributed by atoms with van der Waals surface area (Å²) in [5.74, 6) is 0.485. The highest BCUT2D eigenvalue weighted by atomic mass is 16.5. The van der Waals surface area contributed by atoms with Crippen molar-refractivity contribution in [2.75, 3.05) is 26.3 Å². The smallest absolute Gasteiger partial charge is 0.249 e. The third-order valence-electron chi connectivity index (χ3n) is 4.19. The summed E-state index contributed by atoms with van der Waals surface area (Å²) in [5.41, 5.74) is 0.783.